The Morgan fingerprint density at radius 2 is 2.20 bits per heavy atom. The fourth-order valence-electron chi connectivity index (χ4n) is 1.64. The Labute approximate surface area is 134 Å². The summed E-state index contributed by atoms with van der Waals surface area (Å²) in [5.41, 5.74) is 6.84. The second-order valence-electron chi connectivity index (χ2n) is 3.83. The summed E-state index contributed by atoms with van der Waals surface area (Å²) in [4.78, 5) is 13.0. The maximum absolute atomic E-state index is 12.3. The van der Waals surface area contributed by atoms with E-state index >= 15 is 0 Å². The van der Waals surface area contributed by atoms with Crippen LogP contribution in [0.2, 0.25) is 0 Å². The van der Waals surface area contributed by atoms with Gasteiger partial charge < -0.3 is 15.8 Å². The smallest absolute Gasteiger partial charge is 0.269 e. The minimum atomic E-state index is -0.257. The topological polar surface area (TPSA) is 64.3 Å². The molecule has 0 aliphatic carbocycles. The molecule has 0 aliphatic heterocycles. The first kappa shape index (κ1) is 15.0. The number of benzene rings is 1. The van der Waals surface area contributed by atoms with Gasteiger partial charge in [-0.3, -0.25) is 4.79 Å². The molecule has 104 valence electrons. The SMILES string of the molecule is COc1ccsc1C(=O)Nc1cc(Br)ccc1C(N)=S. The van der Waals surface area contributed by atoms with Gasteiger partial charge in [-0.15, -0.1) is 11.3 Å². The third-order valence-corrected chi connectivity index (χ3v) is 4.16. The molecule has 1 heterocycles. The zero-order valence-corrected chi connectivity index (χ0v) is 13.7. The summed E-state index contributed by atoms with van der Waals surface area (Å²) >= 11 is 9.65. The van der Waals surface area contributed by atoms with Crippen molar-refractivity contribution in [1.82, 2.24) is 0 Å². The Morgan fingerprint density at radius 3 is 2.85 bits per heavy atom. The van der Waals surface area contributed by atoms with Crippen LogP contribution >= 0.6 is 39.5 Å². The van der Waals surface area contributed by atoms with E-state index in [1.54, 1.807) is 23.6 Å². The van der Waals surface area contributed by atoms with Crippen LogP contribution in [0.25, 0.3) is 0 Å². The van der Waals surface area contributed by atoms with Crippen LogP contribution in [0.15, 0.2) is 34.1 Å². The third-order valence-electron chi connectivity index (χ3n) is 2.55. The van der Waals surface area contributed by atoms with Crippen molar-refractivity contribution in [2.45, 2.75) is 0 Å². The quantitative estimate of drug-likeness (QED) is 0.809. The van der Waals surface area contributed by atoms with Gasteiger partial charge in [0.2, 0.25) is 0 Å². The molecule has 0 bridgehead atoms. The number of nitrogens with two attached hydrogens (primary N) is 1. The molecule has 0 saturated heterocycles. The molecule has 4 nitrogen and oxygen atoms in total. The van der Waals surface area contributed by atoms with Gasteiger partial charge in [-0.25, -0.2) is 0 Å². The summed E-state index contributed by atoms with van der Waals surface area (Å²) in [7, 11) is 1.53. The van der Waals surface area contributed by atoms with Crippen LogP contribution in [0.1, 0.15) is 15.2 Å². The third kappa shape index (κ3) is 3.17. The van der Waals surface area contributed by atoms with Crippen molar-refractivity contribution in [3.63, 3.8) is 0 Å². The number of hydrogen-bond acceptors (Lipinski definition) is 4. The van der Waals surface area contributed by atoms with Crippen molar-refractivity contribution in [3.8, 4) is 5.75 Å². The van der Waals surface area contributed by atoms with Gasteiger partial charge in [0.15, 0.2) is 0 Å². The molecule has 0 unspecified atom stereocenters. The van der Waals surface area contributed by atoms with Crippen LogP contribution in [0.3, 0.4) is 0 Å². The molecule has 1 aromatic carbocycles. The lowest BCUT2D eigenvalue weighted by atomic mass is 10.1. The Balaban J connectivity index is 2.32. The van der Waals surface area contributed by atoms with Crippen molar-refractivity contribution >= 4 is 56.1 Å². The highest BCUT2D eigenvalue weighted by atomic mass is 79.9. The van der Waals surface area contributed by atoms with E-state index in [1.807, 2.05) is 6.07 Å². The number of carbonyl (C=O) groups is 1. The van der Waals surface area contributed by atoms with Crippen LogP contribution in [0.5, 0.6) is 5.75 Å². The number of methoxy groups -OCH3 is 1. The van der Waals surface area contributed by atoms with Crippen molar-refractivity contribution in [2.24, 2.45) is 5.73 Å². The molecule has 1 aromatic heterocycles. The minimum absolute atomic E-state index is 0.228. The van der Waals surface area contributed by atoms with Gasteiger partial charge in [-0.1, -0.05) is 28.1 Å². The predicted octanol–water partition coefficient (Wildman–Crippen LogP) is 3.41. The van der Waals surface area contributed by atoms with E-state index in [-0.39, 0.29) is 10.9 Å². The lowest BCUT2D eigenvalue weighted by molar-refractivity contribution is 0.102. The second kappa shape index (κ2) is 6.34. The standard InChI is InChI=1S/C13H11BrN2O2S2/c1-18-10-4-5-20-11(10)13(17)16-9-6-7(14)2-3-8(9)12(15)19/h2-6H,1H3,(H2,15,19)(H,16,17). The molecule has 0 aliphatic rings. The summed E-state index contributed by atoms with van der Waals surface area (Å²) in [6.07, 6.45) is 0. The number of anilines is 1. The second-order valence-corrected chi connectivity index (χ2v) is 6.10. The zero-order valence-electron chi connectivity index (χ0n) is 10.5. The highest BCUT2D eigenvalue weighted by Crippen LogP contribution is 2.27. The maximum atomic E-state index is 12.3. The summed E-state index contributed by atoms with van der Waals surface area (Å²) in [5.74, 6) is 0.284. The molecule has 2 rings (SSSR count). The van der Waals surface area contributed by atoms with E-state index in [0.717, 1.165) is 4.47 Å². The van der Waals surface area contributed by atoms with Gasteiger partial charge in [-0.05, 0) is 29.6 Å². The number of rotatable bonds is 4. The Kier molecular flexibility index (Phi) is 4.74. The van der Waals surface area contributed by atoms with Gasteiger partial charge >= 0.3 is 0 Å². The molecule has 0 saturated carbocycles. The number of ether oxygens (including phenoxy) is 1. The Bertz CT molecular complexity index is 670. The molecule has 3 N–H and O–H groups in total. The molecule has 2 aromatic rings. The van der Waals surface area contributed by atoms with Gasteiger partial charge in [0.05, 0.1) is 12.8 Å². The average Bonchev–Trinajstić information content (AvgIpc) is 2.86. The van der Waals surface area contributed by atoms with Gasteiger partial charge in [0.1, 0.15) is 15.6 Å². The van der Waals surface area contributed by atoms with Crippen molar-refractivity contribution in [1.29, 1.82) is 0 Å². The number of thiocarbonyl (C=S) groups is 1. The van der Waals surface area contributed by atoms with Crippen LogP contribution < -0.4 is 15.8 Å². The highest BCUT2D eigenvalue weighted by Gasteiger charge is 2.16. The van der Waals surface area contributed by atoms with Crippen molar-refractivity contribution in [3.05, 3.63) is 44.6 Å². The number of nitrogens with one attached hydrogen (secondary N) is 1. The molecule has 0 fully saturated rings. The van der Waals surface area contributed by atoms with E-state index in [9.17, 15) is 4.79 Å². The van der Waals surface area contributed by atoms with Gasteiger partial charge in [0.25, 0.3) is 5.91 Å². The van der Waals surface area contributed by atoms with Crippen molar-refractivity contribution < 1.29 is 9.53 Å². The molecule has 7 heteroatoms. The summed E-state index contributed by atoms with van der Waals surface area (Å²) in [6.45, 7) is 0. The monoisotopic (exact) mass is 370 g/mol. The van der Waals surface area contributed by atoms with Gasteiger partial charge in [0, 0.05) is 10.0 Å². The minimum Gasteiger partial charge on any atom is -0.495 e. The Hall–Kier alpha value is -1.44. The van der Waals surface area contributed by atoms with E-state index < -0.39 is 0 Å². The Morgan fingerprint density at radius 1 is 1.45 bits per heavy atom. The van der Waals surface area contributed by atoms with E-state index in [0.29, 0.717) is 21.9 Å². The van der Waals surface area contributed by atoms with Crippen LogP contribution in [-0.2, 0) is 0 Å². The molecule has 0 radical (unpaired) electrons. The number of thiophene rings is 1. The molecular weight excluding hydrogens is 360 g/mol. The number of carbonyl (C=O) groups excluding carboxylic acids is 1. The summed E-state index contributed by atoms with van der Waals surface area (Å²) < 4.78 is 5.96. The average molecular weight is 371 g/mol. The van der Waals surface area contributed by atoms with Crippen LogP contribution in [-0.4, -0.2) is 18.0 Å². The summed E-state index contributed by atoms with van der Waals surface area (Å²) in [6, 6.07) is 7.07. The van der Waals surface area contributed by atoms with Crippen molar-refractivity contribution in [2.75, 3.05) is 12.4 Å². The number of halogens is 1. The number of hydrogen-bond donors (Lipinski definition) is 2. The summed E-state index contributed by atoms with van der Waals surface area (Å²) in [5, 5.41) is 4.60. The molecule has 0 atom stereocenters. The molecule has 1 amide bonds. The van der Waals surface area contributed by atoms with Gasteiger partial charge in [-0.2, -0.15) is 0 Å². The first-order valence-electron chi connectivity index (χ1n) is 5.55. The van der Waals surface area contributed by atoms with Crippen LogP contribution in [0, 0.1) is 0 Å². The van der Waals surface area contributed by atoms with E-state index in [4.69, 9.17) is 22.7 Å². The fraction of sp³-hybridized carbons (Fsp3) is 0.0769. The van der Waals surface area contributed by atoms with E-state index in [1.165, 1.54) is 18.4 Å². The lowest BCUT2D eigenvalue weighted by Gasteiger charge is -2.10. The largest absolute Gasteiger partial charge is 0.495 e. The molecule has 20 heavy (non-hydrogen) atoms. The fourth-order valence-corrected chi connectivity index (χ4v) is 2.93. The maximum Gasteiger partial charge on any atom is 0.269 e. The molecule has 0 spiro atoms. The first-order valence-corrected chi connectivity index (χ1v) is 7.63. The normalized spacial score (nSPS) is 10.1. The zero-order chi connectivity index (χ0) is 14.7. The first-order chi connectivity index (χ1) is 9.52. The van der Waals surface area contributed by atoms with E-state index in [2.05, 4.69) is 21.2 Å². The highest BCUT2D eigenvalue weighted by molar-refractivity contribution is 9.10. The lowest BCUT2D eigenvalue weighted by Crippen LogP contribution is -2.17. The molecular formula is C13H11BrN2O2S2. The predicted molar refractivity (Wildman–Crippen MR) is 88.9 cm³/mol. The number of amides is 1. The van der Waals surface area contributed by atoms with Crippen LogP contribution in [0.4, 0.5) is 5.69 Å².